The van der Waals surface area contributed by atoms with Crippen molar-refractivity contribution >= 4 is 22.4 Å². The Morgan fingerprint density at radius 1 is 1.33 bits per heavy atom. The van der Waals surface area contributed by atoms with Crippen LogP contribution >= 0.6 is 0 Å². The van der Waals surface area contributed by atoms with E-state index < -0.39 is 4.92 Å². The zero-order valence-corrected chi connectivity index (χ0v) is 11.8. The van der Waals surface area contributed by atoms with E-state index in [1.165, 1.54) is 37.8 Å². The number of benzene rings is 1. The van der Waals surface area contributed by atoms with Gasteiger partial charge in [-0.3, -0.25) is 14.9 Å². The minimum Gasteiger partial charge on any atom is -0.360 e. The number of non-ortho nitro benzene ring substituents is 1. The topological polar surface area (TPSA) is 76.0 Å². The molecule has 0 saturated heterocycles. The van der Waals surface area contributed by atoms with Crippen molar-refractivity contribution in [2.45, 2.75) is 38.5 Å². The maximum atomic E-state index is 12.3. The fourth-order valence-electron chi connectivity index (χ4n) is 3.23. The zero-order valence-electron chi connectivity index (χ0n) is 11.8. The van der Waals surface area contributed by atoms with Crippen LogP contribution in [0, 0.1) is 16.0 Å². The van der Waals surface area contributed by atoms with Crippen molar-refractivity contribution in [3.05, 3.63) is 40.1 Å². The van der Waals surface area contributed by atoms with E-state index in [-0.39, 0.29) is 11.5 Å². The summed E-state index contributed by atoms with van der Waals surface area (Å²) in [5.74, 6) is 0.822. The van der Waals surface area contributed by atoms with Gasteiger partial charge in [-0.1, -0.05) is 25.7 Å². The van der Waals surface area contributed by atoms with Gasteiger partial charge in [0, 0.05) is 35.7 Å². The first-order valence-electron chi connectivity index (χ1n) is 7.44. The van der Waals surface area contributed by atoms with E-state index in [0.29, 0.717) is 23.4 Å². The van der Waals surface area contributed by atoms with Crippen molar-refractivity contribution in [3.8, 4) is 0 Å². The van der Waals surface area contributed by atoms with Gasteiger partial charge in [0.25, 0.3) is 5.69 Å². The molecule has 0 spiro atoms. The number of nitrogens with one attached hydrogen (secondary N) is 1. The Kier molecular flexibility index (Phi) is 3.73. The molecule has 1 aliphatic rings. The Morgan fingerprint density at radius 2 is 2.10 bits per heavy atom. The van der Waals surface area contributed by atoms with Crippen LogP contribution in [0.5, 0.6) is 0 Å². The van der Waals surface area contributed by atoms with Crippen molar-refractivity contribution < 1.29 is 9.72 Å². The maximum Gasteiger partial charge on any atom is 0.271 e. The Balaban J connectivity index is 1.76. The predicted molar refractivity (Wildman–Crippen MR) is 80.5 cm³/mol. The Labute approximate surface area is 122 Å². The number of nitrogens with zero attached hydrogens (tertiary/aromatic N) is 1. The first kappa shape index (κ1) is 13.8. The number of hydrogen-bond donors (Lipinski definition) is 1. The van der Waals surface area contributed by atoms with E-state index in [1.807, 2.05) is 0 Å². The number of hydrogen-bond acceptors (Lipinski definition) is 3. The van der Waals surface area contributed by atoms with Gasteiger partial charge in [-0.25, -0.2) is 0 Å². The molecule has 3 rings (SSSR count). The Bertz CT molecular complexity index is 684. The van der Waals surface area contributed by atoms with Crippen molar-refractivity contribution in [1.29, 1.82) is 0 Å². The molecular weight excluding hydrogens is 268 g/mol. The fourth-order valence-corrected chi connectivity index (χ4v) is 3.23. The second kappa shape index (κ2) is 5.68. The van der Waals surface area contributed by atoms with Crippen LogP contribution in [0.2, 0.25) is 0 Å². The van der Waals surface area contributed by atoms with Gasteiger partial charge in [0.15, 0.2) is 5.78 Å². The third kappa shape index (κ3) is 2.82. The normalized spacial score (nSPS) is 15.6. The molecule has 2 aromatic rings. The van der Waals surface area contributed by atoms with E-state index >= 15 is 0 Å². The summed E-state index contributed by atoms with van der Waals surface area (Å²) in [5, 5.41) is 11.5. The van der Waals surface area contributed by atoms with Gasteiger partial charge >= 0.3 is 0 Å². The summed E-state index contributed by atoms with van der Waals surface area (Å²) in [7, 11) is 0. The second-order valence-electron chi connectivity index (χ2n) is 5.80. The molecule has 1 fully saturated rings. The first-order chi connectivity index (χ1) is 10.1. The molecule has 5 heteroatoms. The van der Waals surface area contributed by atoms with E-state index in [4.69, 9.17) is 0 Å². The molecule has 1 N–H and O–H groups in total. The summed E-state index contributed by atoms with van der Waals surface area (Å²) in [6.45, 7) is 0. The quantitative estimate of drug-likeness (QED) is 0.507. The number of nitro groups is 1. The molecule has 0 unspecified atom stereocenters. The zero-order chi connectivity index (χ0) is 14.8. The van der Waals surface area contributed by atoms with Crippen LogP contribution in [-0.4, -0.2) is 15.7 Å². The van der Waals surface area contributed by atoms with E-state index in [9.17, 15) is 14.9 Å². The molecule has 0 atom stereocenters. The average Bonchev–Trinajstić information content (AvgIpc) is 3.13. The van der Waals surface area contributed by atoms with Crippen LogP contribution in [0.4, 0.5) is 5.69 Å². The number of rotatable bonds is 5. The van der Waals surface area contributed by atoms with Crippen molar-refractivity contribution in [3.63, 3.8) is 0 Å². The van der Waals surface area contributed by atoms with Crippen LogP contribution < -0.4 is 0 Å². The first-order valence-corrected chi connectivity index (χ1v) is 7.44. The van der Waals surface area contributed by atoms with Crippen LogP contribution in [0.1, 0.15) is 48.9 Å². The molecule has 110 valence electrons. The maximum absolute atomic E-state index is 12.3. The van der Waals surface area contributed by atoms with Gasteiger partial charge in [0.1, 0.15) is 0 Å². The lowest BCUT2D eigenvalue weighted by atomic mass is 9.97. The summed E-state index contributed by atoms with van der Waals surface area (Å²) < 4.78 is 0. The summed E-state index contributed by atoms with van der Waals surface area (Å²) in [5.41, 5.74) is 1.33. The molecule has 1 aliphatic carbocycles. The third-order valence-corrected chi connectivity index (χ3v) is 4.43. The van der Waals surface area contributed by atoms with Gasteiger partial charge in [0.2, 0.25) is 0 Å². The fraction of sp³-hybridized carbons (Fsp3) is 0.438. The monoisotopic (exact) mass is 286 g/mol. The Hall–Kier alpha value is -2.17. The average molecular weight is 286 g/mol. The molecule has 0 amide bonds. The summed E-state index contributed by atoms with van der Waals surface area (Å²) >= 11 is 0. The van der Waals surface area contributed by atoms with Crippen molar-refractivity contribution in [2.24, 2.45) is 5.92 Å². The minimum absolute atomic E-state index is 0.0364. The largest absolute Gasteiger partial charge is 0.360 e. The van der Waals surface area contributed by atoms with Gasteiger partial charge in [0.05, 0.1) is 10.4 Å². The number of carbonyl (C=O) groups excluding carboxylic acids is 1. The standard InChI is InChI=1S/C16H18N2O3/c19-16(8-5-11-3-1-2-4-11)14-10-17-15-9-12(18(20)21)6-7-13(14)15/h6-7,9-11,17H,1-5,8H2. The highest BCUT2D eigenvalue weighted by molar-refractivity contribution is 6.08. The lowest BCUT2D eigenvalue weighted by Crippen LogP contribution is -2.02. The molecule has 0 aliphatic heterocycles. The number of Topliss-reactive ketones (excluding diaryl/α,β-unsaturated/α-hetero) is 1. The number of aromatic nitrogens is 1. The molecule has 0 radical (unpaired) electrons. The van der Waals surface area contributed by atoms with Crippen LogP contribution in [0.3, 0.4) is 0 Å². The van der Waals surface area contributed by atoms with Crippen LogP contribution in [-0.2, 0) is 0 Å². The van der Waals surface area contributed by atoms with Crippen LogP contribution in [0.15, 0.2) is 24.4 Å². The summed E-state index contributed by atoms with van der Waals surface area (Å²) in [6, 6.07) is 4.58. The molecule has 1 heterocycles. The SMILES string of the molecule is O=C(CCC1CCCC1)c1c[nH]c2cc([N+](=O)[O-])ccc12. The smallest absolute Gasteiger partial charge is 0.271 e. The number of nitro benzene ring substituents is 1. The number of ketones is 1. The van der Waals surface area contributed by atoms with Crippen molar-refractivity contribution in [2.75, 3.05) is 0 Å². The highest BCUT2D eigenvalue weighted by Gasteiger charge is 2.19. The van der Waals surface area contributed by atoms with E-state index in [1.54, 1.807) is 12.3 Å². The van der Waals surface area contributed by atoms with Crippen molar-refractivity contribution in [1.82, 2.24) is 4.98 Å². The highest BCUT2D eigenvalue weighted by Crippen LogP contribution is 2.30. The highest BCUT2D eigenvalue weighted by atomic mass is 16.6. The van der Waals surface area contributed by atoms with Gasteiger partial charge < -0.3 is 4.98 Å². The third-order valence-electron chi connectivity index (χ3n) is 4.43. The molecule has 21 heavy (non-hydrogen) atoms. The summed E-state index contributed by atoms with van der Waals surface area (Å²) in [6.07, 6.45) is 8.25. The predicted octanol–water partition coefficient (Wildman–Crippen LogP) is 4.23. The van der Waals surface area contributed by atoms with Gasteiger partial charge in [-0.05, 0) is 18.4 Å². The number of fused-ring (bicyclic) bond motifs is 1. The van der Waals surface area contributed by atoms with E-state index in [2.05, 4.69) is 4.98 Å². The molecule has 1 aromatic heterocycles. The molecule has 1 saturated carbocycles. The number of aromatic amines is 1. The second-order valence-corrected chi connectivity index (χ2v) is 5.80. The lowest BCUT2D eigenvalue weighted by molar-refractivity contribution is -0.384. The van der Waals surface area contributed by atoms with Gasteiger partial charge in [-0.15, -0.1) is 0 Å². The Morgan fingerprint density at radius 3 is 2.81 bits per heavy atom. The number of H-pyrrole nitrogens is 1. The van der Waals surface area contributed by atoms with Crippen LogP contribution in [0.25, 0.3) is 10.9 Å². The molecule has 1 aromatic carbocycles. The van der Waals surface area contributed by atoms with E-state index in [0.717, 1.165) is 11.8 Å². The summed E-state index contributed by atoms with van der Waals surface area (Å²) in [4.78, 5) is 25.6. The van der Waals surface area contributed by atoms with Gasteiger partial charge in [-0.2, -0.15) is 0 Å². The molecule has 0 bridgehead atoms. The minimum atomic E-state index is -0.429. The number of carbonyl (C=O) groups is 1. The lowest BCUT2D eigenvalue weighted by Gasteiger charge is -2.07. The molecule has 5 nitrogen and oxygen atoms in total. The molecular formula is C16H18N2O3.